The van der Waals surface area contributed by atoms with Gasteiger partial charge < -0.3 is 10.2 Å². The molecule has 1 atom stereocenters. The van der Waals surface area contributed by atoms with E-state index in [1.165, 1.54) is 12.1 Å². The third kappa shape index (κ3) is 1.51. The van der Waals surface area contributed by atoms with Crippen molar-refractivity contribution in [2.24, 2.45) is 0 Å². The van der Waals surface area contributed by atoms with E-state index in [-0.39, 0.29) is 11.3 Å². The van der Waals surface area contributed by atoms with Crippen LogP contribution in [0, 0.1) is 5.82 Å². The number of fused-ring (bicyclic) bond motifs is 1. The van der Waals surface area contributed by atoms with Gasteiger partial charge in [-0.3, -0.25) is 0 Å². The van der Waals surface area contributed by atoms with Crippen LogP contribution in [-0.2, 0) is 0 Å². The molecule has 1 unspecified atom stereocenters. The van der Waals surface area contributed by atoms with E-state index in [9.17, 15) is 4.39 Å². The van der Waals surface area contributed by atoms with Gasteiger partial charge in [0, 0.05) is 12.4 Å². The minimum atomic E-state index is -0.202. The van der Waals surface area contributed by atoms with E-state index in [2.05, 4.69) is 15.6 Å². The monoisotopic (exact) mass is 220 g/mol. The highest BCUT2D eigenvalue weighted by atomic mass is 32.2. The molecule has 3 rings (SSSR count). The fourth-order valence-electron chi connectivity index (χ4n) is 1.65. The summed E-state index contributed by atoms with van der Waals surface area (Å²) < 4.78 is 12.7. The third-order valence-electron chi connectivity index (χ3n) is 2.42. The van der Waals surface area contributed by atoms with Crippen LogP contribution >= 0.6 is 11.8 Å². The van der Waals surface area contributed by atoms with Gasteiger partial charge in [-0.05, 0) is 35.2 Å². The number of nitrogens with zero attached hydrogens (tertiary/aromatic N) is 1. The van der Waals surface area contributed by atoms with Crippen molar-refractivity contribution in [1.82, 2.24) is 10.2 Å². The van der Waals surface area contributed by atoms with Crippen LogP contribution in [0.15, 0.2) is 42.1 Å². The molecule has 1 aromatic rings. The van der Waals surface area contributed by atoms with Gasteiger partial charge in [-0.15, -0.1) is 0 Å². The summed E-state index contributed by atoms with van der Waals surface area (Å²) in [6, 6.07) is 6.52. The Morgan fingerprint density at radius 3 is 2.80 bits per heavy atom. The molecule has 0 spiro atoms. The molecule has 2 aliphatic heterocycles. The zero-order valence-corrected chi connectivity index (χ0v) is 8.67. The molecule has 4 heteroatoms. The SMILES string of the molecule is Fc1ccc(C2=CN3C=CSC3N2)cc1. The molecule has 0 saturated heterocycles. The number of rotatable bonds is 1. The first kappa shape index (κ1) is 8.85. The van der Waals surface area contributed by atoms with E-state index >= 15 is 0 Å². The topological polar surface area (TPSA) is 15.3 Å². The van der Waals surface area contributed by atoms with Crippen molar-refractivity contribution in [1.29, 1.82) is 0 Å². The maximum absolute atomic E-state index is 12.7. The summed E-state index contributed by atoms with van der Waals surface area (Å²) in [6.07, 6.45) is 4.06. The fourth-order valence-corrected chi connectivity index (χ4v) is 2.48. The van der Waals surface area contributed by atoms with Crippen molar-refractivity contribution in [2.45, 2.75) is 5.50 Å². The Morgan fingerprint density at radius 1 is 1.27 bits per heavy atom. The summed E-state index contributed by atoms with van der Waals surface area (Å²) >= 11 is 1.72. The zero-order chi connectivity index (χ0) is 10.3. The van der Waals surface area contributed by atoms with Crippen LogP contribution in [0.1, 0.15) is 5.56 Å². The number of benzene rings is 1. The summed E-state index contributed by atoms with van der Waals surface area (Å²) in [4.78, 5) is 2.10. The van der Waals surface area contributed by atoms with Crippen LogP contribution in [0.2, 0.25) is 0 Å². The molecule has 0 bridgehead atoms. The summed E-state index contributed by atoms with van der Waals surface area (Å²) in [5.41, 5.74) is 2.32. The summed E-state index contributed by atoms with van der Waals surface area (Å²) in [5.74, 6) is -0.202. The number of thioether (sulfide) groups is 1. The maximum Gasteiger partial charge on any atom is 0.155 e. The average Bonchev–Trinajstić information content (AvgIpc) is 2.78. The van der Waals surface area contributed by atoms with Gasteiger partial charge in [-0.25, -0.2) is 4.39 Å². The Morgan fingerprint density at radius 2 is 2.07 bits per heavy atom. The van der Waals surface area contributed by atoms with E-state index in [4.69, 9.17) is 0 Å². The third-order valence-corrected chi connectivity index (χ3v) is 3.32. The Balaban J connectivity index is 1.90. The van der Waals surface area contributed by atoms with Gasteiger partial charge in [0.2, 0.25) is 0 Å². The largest absolute Gasteiger partial charge is 0.355 e. The molecule has 1 N–H and O–H groups in total. The lowest BCUT2D eigenvalue weighted by molar-refractivity contribution is 0.494. The highest BCUT2D eigenvalue weighted by molar-refractivity contribution is 8.02. The van der Waals surface area contributed by atoms with Crippen molar-refractivity contribution in [3.63, 3.8) is 0 Å². The lowest BCUT2D eigenvalue weighted by Crippen LogP contribution is -2.25. The molecule has 0 radical (unpaired) electrons. The zero-order valence-electron chi connectivity index (χ0n) is 7.85. The molecule has 0 aromatic heterocycles. The first-order valence-electron chi connectivity index (χ1n) is 4.67. The predicted octanol–water partition coefficient (Wildman–Crippen LogP) is 2.53. The molecular weight excluding hydrogens is 211 g/mol. The number of nitrogens with one attached hydrogen (secondary N) is 1. The van der Waals surface area contributed by atoms with Crippen molar-refractivity contribution in [3.8, 4) is 0 Å². The second-order valence-corrected chi connectivity index (χ2v) is 4.41. The van der Waals surface area contributed by atoms with Crippen molar-refractivity contribution in [3.05, 3.63) is 53.5 Å². The predicted molar refractivity (Wildman–Crippen MR) is 59.9 cm³/mol. The van der Waals surface area contributed by atoms with Gasteiger partial charge in [0.25, 0.3) is 0 Å². The van der Waals surface area contributed by atoms with Gasteiger partial charge in [-0.2, -0.15) is 0 Å². The molecule has 2 nitrogen and oxygen atoms in total. The number of hydrogen-bond donors (Lipinski definition) is 1. The van der Waals surface area contributed by atoms with Crippen LogP contribution in [0.3, 0.4) is 0 Å². The molecule has 0 fully saturated rings. The van der Waals surface area contributed by atoms with E-state index in [1.807, 2.05) is 12.4 Å². The smallest absolute Gasteiger partial charge is 0.155 e. The number of hydrogen-bond acceptors (Lipinski definition) is 3. The van der Waals surface area contributed by atoms with Gasteiger partial charge in [0.15, 0.2) is 5.50 Å². The molecule has 15 heavy (non-hydrogen) atoms. The van der Waals surface area contributed by atoms with Crippen molar-refractivity contribution >= 4 is 17.5 Å². The fraction of sp³-hybridized carbons (Fsp3) is 0.0909. The second-order valence-electron chi connectivity index (χ2n) is 3.41. The average molecular weight is 220 g/mol. The van der Waals surface area contributed by atoms with Crippen LogP contribution in [-0.4, -0.2) is 10.4 Å². The molecule has 0 saturated carbocycles. The molecule has 2 heterocycles. The Bertz CT molecular complexity index is 438. The summed E-state index contributed by atoms with van der Waals surface area (Å²) in [7, 11) is 0. The summed E-state index contributed by atoms with van der Waals surface area (Å²) in [5, 5.41) is 5.40. The first-order valence-corrected chi connectivity index (χ1v) is 5.61. The standard InChI is InChI=1S/C11H9FN2S/c12-9-3-1-8(2-4-9)10-7-14-5-6-15-11(14)13-10/h1-7,11,13H. The van der Waals surface area contributed by atoms with Crippen LogP contribution in [0.25, 0.3) is 5.70 Å². The Labute approximate surface area is 91.5 Å². The molecule has 0 amide bonds. The minimum Gasteiger partial charge on any atom is -0.355 e. The molecule has 76 valence electrons. The molecule has 0 aliphatic carbocycles. The second kappa shape index (κ2) is 3.31. The first-order chi connectivity index (χ1) is 7.33. The summed E-state index contributed by atoms with van der Waals surface area (Å²) in [6.45, 7) is 0. The molecular formula is C11H9FN2S. The van der Waals surface area contributed by atoms with Crippen molar-refractivity contribution in [2.75, 3.05) is 0 Å². The Hall–Kier alpha value is -1.42. The van der Waals surface area contributed by atoms with Crippen LogP contribution < -0.4 is 5.32 Å². The maximum atomic E-state index is 12.7. The van der Waals surface area contributed by atoms with Gasteiger partial charge in [-0.1, -0.05) is 11.8 Å². The molecule has 1 aromatic carbocycles. The van der Waals surface area contributed by atoms with E-state index in [0.29, 0.717) is 0 Å². The highest BCUT2D eigenvalue weighted by Gasteiger charge is 2.25. The van der Waals surface area contributed by atoms with Gasteiger partial charge >= 0.3 is 0 Å². The number of halogens is 1. The van der Waals surface area contributed by atoms with E-state index in [1.54, 1.807) is 23.9 Å². The van der Waals surface area contributed by atoms with Crippen LogP contribution in [0.4, 0.5) is 4.39 Å². The molecule has 2 aliphatic rings. The lowest BCUT2D eigenvalue weighted by Gasteiger charge is -2.13. The van der Waals surface area contributed by atoms with E-state index < -0.39 is 0 Å². The van der Waals surface area contributed by atoms with Gasteiger partial charge in [0.1, 0.15) is 5.82 Å². The lowest BCUT2D eigenvalue weighted by atomic mass is 10.2. The normalized spacial score (nSPS) is 22.6. The Kier molecular flexibility index (Phi) is 1.95. The quantitative estimate of drug-likeness (QED) is 0.783. The van der Waals surface area contributed by atoms with Gasteiger partial charge in [0.05, 0.1) is 5.70 Å². The van der Waals surface area contributed by atoms with Crippen molar-refractivity contribution < 1.29 is 4.39 Å². The van der Waals surface area contributed by atoms with Crippen LogP contribution in [0.5, 0.6) is 0 Å². The minimum absolute atomic E-state index is 0.202. The van der Waals surface area contributed by atoms with E-state index in [0.717, 1.165) is 11.3 Å². The highest BCUT2D eigenvalue weighted by Crippen LogP contribution is 2.31.